The van der Waals surface area contributed by atoms with Crippen molar-refractivity contribution >= 4 is 5.91 Å². The smallest absolute Gasteiger partial charge is 0.331 e. The molecule has 1 atom stereocenters. The van der Waals surface area contributed by atoms with Crippen LogP contribution in [0.3, 0.4) is 0 Å². The monoisotopic (exact) mass is 358 g/mol. The maximum atomic E-state index is 12.9. The molecule has 1 aliphatic heterocycles. The van der Waals surface area contributed by atoms with E-state index in [1.54, 1.807) is 12.0 Å². The van der Waals surface area contributed by atoms with Gasteiger partial charge in [0.2, 0.25) is 5.91 Å². The number of methoxy groups -OCH3 is 1. The lowest BCUT2D eigenvalue weighted by Crippen LogP contribution is -2.50. The van der Waals surface area contributed by atoms with Gasteiger partial charge in [0.1, 0.15) is 12.3 Å². The van der Waals surface area contributed by atoms with E-state index in [1.807, 2.05) is 24.3 Å². The number of carbonyl (C=O) groups is 1. The van der Waals surface area contributed by atoms with Crippen molar-refractivity contribution in [2.24, 2.45) is 7.05 Å². The number of benzene rings is 1. The Morgan fingerprint density at radius 2 is 2.04 bits per heavy atom. The quantitative estimate of drug-likeness (QED) is 0.813. The lowest BCUT2D eigenvalue weighted by Gasteiger charge is -2.37. The summed E-state index contributed by atoms with van der Waals surface area (Å²) in [5.74, 6) is 0.543. The molecular weight excluding hydrogens is 336 g/mol. The lowest BCUT2D eigenvalue weighted by atomic mass is 10.0. The summed E-state index contributed by atoms with van der Waals surface area (Å²) in [4.78, 5) is 38.4. The minimum absolute atomic E-state index is 0.112. The highest BCUT2D eigenvalue weighted by molar-refractivity contribution is 5.77. The Morgan fingerprint density at radius 1 is 1.27 bits per heavy atom. The van der Waals surface area contributed by atoms with Gasteiger partial charge in [-0.3, -0.25) is 18.7 Å². The van der Waals surface area contributed by atoms with Gasteiger partial charge in [-0.2, -0.15) is 0 Å². The van der Waals surface area contributed by atoms with E-state index in [-0.39, 0.29) is 18.5 Å². The number of para-hydroxylation sites is 1. The zero-order chi connectivity index (χ0) is 18.7. The van der Waals surface area contributed by atoms with Gasteiger partial charge in [-0.25, -0.2) is 4.79 Å². The second kappa shape index (κ2) is 7.57. The molecule has 1 unspecified atom stereocenters. The normalized spacial score (nSPS) is 17.2. The Bertz CT molecular complexity index is 918. The Morgan fingerprint density at radius 3 is 2.81 bits per heavy atom. The van der Waals surface area contributed by atoms with Crippen LogP contribution in [0.1, 0.15) is 11.6 Å². The molecule has 0 saturated carbocycles. The molecule has 0 radical (unpaired) electrons. The van der Waals surface area contributed by atoms with Crippen LogP contribution in [0, 0.1) is 0 Å². The second-order valence-corrected chi connectivity index (χ2v) is 6.17. The highest BCUT2D eigenvalue weighted by Crippen LogP contribution is 2.30. The molecule has 1 aliphatic rings. The van der Waals surface area contributed by atoms with E-state index >= 15 is 0 Å². The van der Waals surface area contributed by atoms with E-state index < -0.39 is 11.2 Å². The summed E-state index contributed by atoms with van der Waals surface area (Å²) in [5, 5.41) is 3.30. The van der Waals surface area contributed by atoms with Gasteiger partial charge in [-0.05, 0) is 6.07 Å². The minimum atomic E-state index is -0.505. The van der Waals surface area contributed by atoms with Gasteiger partial charge in [-0.1, -0.05) is 18.2 Å². The molecule has 1 aromatic carbocycles. The summed E-state index contributed by atoms with van der Waals surface area (Å²) in [6.45, 7) is 1.70. The fourth-order valence-corrected chi connectivity index (χ4v) is 3.20. The van der Waals surface area contributed by atoms with Gasteiger partial charge < -0.3 is 15.0 Å². The molecule has 1 aromatic heterocycles. The molecule has 3 rings (SSSR count). The average Bonchev–Trinajstić information content (AvgIpc) is 2.68. The topological polar surface area (TPSA) is 85.6 Å². The first-order valence-corrected chi connectivity index (χ1v) is 8.42. The van der Waals surface area contributed by atoms with Crippen molar-refractivity contribution in [3.05, 3.63) is 62.9 Å². The van der Waals surface area contributed by atoms with E-state index in [0.717, 1.165) is 15.9 Å². The predicted molar refractivity (Wildman–Crippen MR) is 96.3 cm³/mol. The summed E-state index contributed by atoms with van der Waals surface area (Å²) in [7, 11) is 3.00. The van der Waals surface area contributed by atoms with Crippen molar-refractivity contribution < 1.29 is 9.53 Å². The number of hydrogen-bond donors (Lipinski definition) is 1. The van der Waals surface area contributed by atoms with E-state index in [0.29, 0.717) is 19.6 Å². The molecular formula is C18H22N4O4. The van der Waals surface area contributed by atoms with Crippen LogP contribution in [0.5, 0.6) is 5.75 Å². The number of ether oxygens (including phenoxy) is 1. The number of carbonyl (C=O) groups excluding carboxylic acids is 1. The first-order valence-electron chi connectivity index (χ1n) is 8.42. The molecule has 2 heterocycles. The molecule has 0 aliphatic carbocycles. The van der Waals surface area contributed by atoms with Gasteiger partial charge in [0, 0.05) is 44.5 Å². The average molecular weight is 358 g/mol. The van der Waals surface area contributed by atoms with Crippen LogP contribution < -0.4 is 21.3 Å². The number of nitrogens with one attached hydrogen (secondary N) is 1. The standard InChI is InChI=1S/C18H22N4O4/c1-20-16(23)7-9-21(18(20)25)12-17(24)22-10-8-19-11-14(22)13-5-3-4-6-15(13)26-2/h3-7,9,14,19H,8,10-12H2,1-2H3. The zero-order valence-corrected chi connectivity index (χ0v) is 14.8. The van der Waals surface area contributed by atoms with Crippen LogP contribution in [0.25, 0.3) is 0 Å². The molecule has 0 bridgehead atoms. The molecule has 1 saturated heterocycles. The summed E-state index contributed by atoms with van der Waals surface area (Å²) < 4.78 is 7.68. The molecule has 2 aromatic rings. The number of amides is 1. The van der Waals surface area contributed by atoms with Gasteiger partial charge in [-0.15, -0.1) is 0 Å². The highest BCUT2D eigenvalue weighted by atomic mass is 16.5. The number of nitrogens with zero attached hydrogens (tertiary/aromatic N) is 3. The van der Waals surface area contributed by atoms with Gasteiger partial charge in [0.05, 0.1) is 13.2 Å². The Kier molecular flexibility index (Phi) is 5.22. The Balaban J connectivity index is 1.88. The van der Waals surface area contributed by atoms with Crippen molar-refractivity contribution in [1.82, 2.24) is 19.4 Å². The molecule has 1 N–H and O–H groups in total. The van der Waals surface area contributed by atoms with E-state index in [1.165, 1.54) is 23.9 Å². The van der Waals surface area contributed by atoms with E-state index in [4.69, 9.17) is 4.74 Å². The first-order chi connectivity index (χ1) is 12.5. The summed E-state index contributed by atoms with van der Waals surface area (Å²) in [5.41, 5.74) is 0.0194. The predicted octanol–water partition coefficient (Wildman–Crippen LogP) is -0.271. The fraction of sp³-hybridized carbons (Fsp3) is 0.389. The maximum absolute atomic E-state index is 12.9. The largest absolute Gasteiger partial charge is 0.496 e. The van der Waals surface area contributed by atoms with E-state index in [9.17, 15) is 14.4 Å². The minimum Gasteiger partial charge on any atom is -0.496 e. The van der Waals surface area contributed by atoms with Crippen LogP contribution in [0.15, 0.2) is 46.1 Å². The van der Waals surface area contributed by atoms with Crippen molar-refractivity contribution in [2.45, 2.75) is 12.6 Å². The van der Waals surface area contributed by atoms with Gasteiger partial charge in [0.15, 0.2) is 0 Å². The second-order valence-electron chi connectivity index (χ2n) is 6.17. The van der Waals surface area contributed by atoms with Gasteiger partial charge >= 0.3 is 5.69 Å². The van der Waals surface area contributed by atoms with Crippen LogP contribution in [-0.2, 0) is 18.4 Å². The molecule has 26 heavy (non-hydrogen) atoms. The Hall–Kier alpha value is -2.87. The van der Waals surface area contributed by atoms with Crippen molar-refractivity contribution in [3.8, 4) is 5.75 Å². The number of rotatable bonds is 4. The third-order valence-corrected chi connectivity index (χ3v) is 4.63. The van der Waals surface area contributed by atoms with Crippen molar-refractivity contribution in [2.75, 3.05) is 26.7 Å². The number of aromatic nitrogens is 2. The summed E-state index contributed by atoms with van der Waals surface area (Å²) in [6.07, 6.45) is 1.36. The molecule has 138 valence electrons. The Labute approximate surface area is 150 Å². The lowest BCUT2D eigenvalue weighted by molar-refractivity contribution is -0.135. The fourth-order valence-electron chi connectivity index (χ4n) is 3.20. The van der Waals surface area contributed by atoms with Crippen LogP contribution in [-0.4, -0.2) is 46.7 Å². The molecule has 1 amide bonds. The van der Waals surface area contributed by atoms with Crippen LogP contribution in [0.2, 0.25) is 0 Å². The highest BCUT2D eigenvalue weighted by Gasteiger charge is 2.30. The van der Waals surface area contributed by atoms with Crippen molar-refractivity contribution in [1.29, 1.82) is 0 Å². The van der Waals surface area contributed by atoms with Crippen molar-refractivity contribution in [3.63, 3.8) is 0 Å². The van der Waals surface area contributed by atoms with Gasteiger partial charge in [0.25, 0.3) is 5.56 Å². The first kappa shape index (κ1) is 17.9. The third kappa shape index (κ3) is 3.41. The van der Waals surface area contributed by atoms with Crippen LogP contribution >= 0.6 is 0 Å². The third-order valence-electron chi connectivity index (χ3n) is 4.63. The molecule has 0 spiro atoms. The SMILES string of the molecule is COc1ccccc1C1CNCCN1C(=O)Cn1ccc(=O)n(C)c1=O. The molecule has 1 fully saturated rings. The van der Waals surface area contributed by atoms with E-state index in [2.05, 4.69) is 5.32 Å². The number of hydrogen-bond acceptors (Lipinski definition) is 5. The maximum Gasteiger partial charge on any atom is 0.331 e. The summed E-state index contributed by atoms with van der Waals surface area (Å²) in [6, 6.07) is 8.70. The number of piperazine rings is 1. The zero-order valence-electron chi connectivity index (χ0n) is 14.8. The van der Waals surface area contributed by atoms with Crippen LogP contribution in [0.4, 0.5) is 0 Å². The molecule has 8 nitrogen and oxygen atoms in total. The summed E-state index contributed by atoms with van der Waals surface area (Å²) >= 11 is 0. The molecule has 8 heteroatoms.